The third-order valence-electron chi connectivity index (χ3n) is 3.97. The summed E-state index contributed by atoms with van der Waals surface area (Å²) in [5.41, 5.74) is 4.24. The van der Waals surface area contributed by atoms with Gasteiger partial charge >= 0.3 is 0 Å². The molecule has 0 amide bonds. The van der Waals surface area contributed by atoms with Crippen molar-refractivity contribution in [2.45, 2.75) is 25.8 Å². The van der Waals surface area contributed by atoms with Crippen molar-refractivity contribution in [1.29, 1.82) is 0 Å². The van der Waals surface area contributed by atoms with Crippen LogP contribution >= 0.6 is 0 Å². The predicted molar refractivity (Wildman–Crippen MR) is 74.2 cm³/mol. The Bertz CT molecular complexity index is 407. The first-order valence-corrected chi connectivity index (χ1v) is 7.01. The minimum absolute atomic E-state index is 0.544. The van der Waals surface area contributed by atoms with Crippen LogP contribution in [0.15, 0.2) is 18.2 Å². The third-order valence-corrected chi connectivity index (χ3v) is 3.97. The van der Waals surface area contributed by atoms with Crippen LogP contribution in [0.1, 0.15) is 30.0 Å². The molecule has 2 heterocycles. The quantitative estimate of drug-likeness (QED) is 0.866. The number of anilines is 1. The highest BCUT2D eigenvalue weighted by Gasteiger charge is 2.22. The van der Waals surface area contributed by atoms with Crippen molar-refractivity contribution in [2.75, 3.05) is 37.7 Å². The number of aryl methyl sites for hydroxylation is 1. The number of benzene rings is 1. The van der Waals surface area contributed by atoms with Gasteiger partial charge in [-0.2, -0.15) is 0 Å². The van der Waals surface area contributed by atoms with Gasteiger partial charge in [-0.3, -0.25) is 0 Å². The lowest BCUT2D eigenvalue weighted by molar-refractivity contribution is 0.122. The van der Waals surface area contributed by atoms with Crippen molar-refractivity contribution >= 4 is 5.69 Å². The van der Waals surface area contributed by atoms with Crippen LogP contribution in [-0.4, -0.2) is 32.8 Å². The second kappa shape index (κ2) is 5.29. The van der Waals surface area contributed by atoms with E-state index in [1.54, 1.807) is 0 Å². The van der Waals surface area contributed by atoms with Crippen molar-refractivity contribution in [3.63, 3.8) is 0 Å². The summed E-state index contributed by atoms with van der Waals surface area (Å²) in [4.78, 5) is 2.47. The first kappa shape index (κ1) is 12.0. The zero-order valence-corrected chi connectivity index (χ0v) is 11.1. The van der Waals surface area contributed by atoms with Crippen LogP contribution in [0.2, 0.25) is 0 Å². The van der Waals surface area contributed by atoms with Gasteiger partial charge in [-0.25, -0.2) is 0 Å². The molecule has 1 atom stereocenters. The van der Waals surface area contributed by atoms with Crippen LogP contribution in [0.3, 0.4) is 0 Å². The second-order valence-corrected chi connectivity index (χ2v) is 5.31. The van der Waals surface area contributed by atoms with Gasteiger partial charge in [-0.1, -0.05) is 17.7 Å². The molecule has 0 radical (unpaired) electrons. The molecule has 98 valence electrons. The molecule has 2 aliphatic rings. The predicted octanol–water partition coefficient (Wildman–Crippen LogP) is 2.26. The molecule has 1 N–H and O–H groups in total. The van der Waals surface area contributed by atoms with Crippen LogP contribution in [0, 0.1) is 6.92 Å². The van der Waals surface area contributed by atoms with Crippen LogP contribution in [0.4, 0.5) is 5.69 Å². The molecule has 0 aliphatic carbocycles. The average Bonchev–Trinajstić information content (AvgIpc) is 2.93. The summed E-state index contributed by atoms with van der Waals surface area (Å²) in [7, 11) is 0. The maximum atomic E-state index is 5.45. The van der Waals surface area contributed by atoms with Crippen molar-refractivity contribution in [3.8, 4) is 0 Å². The fourth-order valence-electron chi connectivity index (χ4n) is 3.00. The van der Waals surface area contributed by atoms with Gasteiger partial charge < -0.3 is 15.0 Å². The number of nitrogens with one attached hydrogen (secondary N) is 1. The zero-order valence-electron chi connectivity index (χ0n) is 11.1. The molecule has 0 aromatic heterocycles. The summed E-state index contributed by atoms with van der Waals surface area (Å²) >= 11 is 0. The summed E-state index contributed by atoms with van der Waals surface area (Å²) in [6, 6.07) is 7.41. The van der Waals surface area contributed by atoms with Gasteiger partial charge in [-0.15, -0.1) is 0 Å². The Hall–Kier alpha value is -1.06. The minimum atomic E-state index is 0.544. The van der Waals surface area contributed by atoms with Crippen molar-refractivity contribution in [3.05, 3.63) is 29.3 Å². The molecule has 0 bridgehead atoms. The Kier molecular flexibility index (Phi) is 3.52. The SMILES string of the molecule is Cc1ccc(N2CCOCC2)c(C2CCCN2)c1. The Morgan fingerprint density at radius 1 is 1.28 bits per heavy atom. The maximum absolute atomic E-state index is 5.45. The maximum Gasteiger partial charge on any atom is 0.0642 e. The first-order chi connectivity index (χ1) is 8.84. The topological polar surface area (TPSA) is 24.5 Å². The van der Waals surface area contributed by atoms with Gasteiger partial charge in [0, 0.05) is 24.8 Å². The summed E-state index contributed by atoms with van der Waals surface area (Å²) < 4.78 is 5.45. The minimum Gasteiger partial charge on any atom is -0.378 e. The van der Waals surface area contributed by atoms with Crippen LogP contribution in [-0.2, 0) is 4.74 Å². The highest BCUT2D eigenvalue weighted by Crippen LogP contribution is 2.32. The van der Waals surface area contributed by atoms with E-state index in [1.807, 2.05) is 0 Å². The van der Waals surface area contributed by atoms with Crippen LogP contribution in [0.25, 0.3) is 0 Å². The van der Waals surface area contributed by atoms with E-state index in [2.05, 4.69) is 35.3 Å². The molecule has 1 aromatic rings. The number of hydrogen-bond acceptors (Lipinski definition) is 3. The van der Waals surface area contributed by atoms with E-state index in [9.17, 15) is 0 Å². The van der Waals surface area contributed by atoms with Gasteiger partial charge in [0.2, 0.25) is 0 Å². The molecular weight excluding hydrogens is 224 g/mol. The molecule has 0 spiro atoms. The monoisotopic (exact) mass is 246 g/mol. The Balaban J connectivity index is 1.91. The van der Waals surface area contributed by atoms with Gasteiger partial charge in [0.15, 0.2) is 0 Å². The van der Waals surface area contributed by atoms with E-state index in [1.165, 1.54) is 29.7 Å². The number of hydrogen-bond donors (Lipinski definition) is 1. The molecule has 3 rings (SSSR count). The molecule has 0 saturated carbocycles. The second-order valence-electron chi connectivity index (χ2n) is 5.31. The third kappa shape index (κ3) is 2.38. The Labute approximate surface area is 109 Å². The first-order valence-electron chi connectivity index (χ1n) is 7.01. The lowest BCUT2D eigenvalue weighted by atomic mass is 9.99. The molecule has 3 heteroatoms. The highest BCUT2D eigenvalue weighted by atomic mass is 16.5. The summed E-state index contributed by atoms with van der Waals surface area (Å²) in [5.74, 6) is 0. The Morgan fingerprint density at radius 3 is 2.83 bits per heavy atom. The van der Waals surface area contributed by atoms with Crippen LogP contribution in [0.5, 0.6) is 0 Å². The van der Waals surface area contributed by atoms with E-state index < -0.39 is 0 Å². The van der Waals surface area contributed by atoms with E-state index >= 15 is 0 Å². The number of nitrogens with zero attached hydrogens (tertiary/aromatic N) is 1. The molecular formula is C15H22N2O. The number of morpholine rings is 1. The normalized spacial score (nSPS) is 24.5. The summed E-state index contributed by atoms with van der Waals surface area (Å²) in [6.45, 7) is 7.07. The number of ether oxygens (including phenoxy) is 1. The molecule has 2 saturated heterocycles. The van der Waals surface area contributed by atoms with Gasteiger partial charge in [0.25, 0.3) is 0 Å². The fraction of sp³-hybridized carbons (Fsp3) is 0.600. The lowest BCUT2D eigenvalue weighted by Crippen LogP contribution is -2.37. The average molecular weight is 246 g/mol. The smallest absolute Gasteiger partial charge is 0.0642 e. The summed E-state index contributed by atoms with van der Waals surface area (Å²) in [6.07, 6.45) is 2.56. The van der Waals surface area contributed by atoms with Gasteiger partial charge in [0.1, 0.15) is 0 Å². The van der Waals surface area contributed by atoms with Gasteiger partial charge in [-0.05, 0) is 37.9 Å². The van der Waals surface area contributed by atoms with E-state index in [0.717, 1.165) is 32.8 Å². The fourth-order valence-corrected chi connectivity index (χ4v) is 3.00. The van der Waals surface area contributed by atoms with Crippen molar-refractivity contribution in [2.24, 2.45) is 0 Å². The highest BCUT2D eigenvalue weighted by molar-refractivity contribution is 5.56. The van der Waals surface area contributed by atoms with Gasteiger partial charge in [0.05, 0.1) is 13.2 Å². The molecule has 2 aliphatic heterocycles. The molecule has 1 unspecified atom stereocenters. The number of rotatable bonds is 2. The standard InChI is InChI=1S/C15H22N2O/c1-12-4-5-15(17-7-9-18-10-8-17)13(11-12)14-3-2-6-16-14/h4-5,11,14,16H,2-3,6-10H2,1H3. The van der Waals surface area contributed by atoms with E-state index in [-0.39, 0.29) is 0 Å². The summed E-state index contributed by atoms with van der Waals surface area (Å²) in [5, 5.41) is 3.62. The van der Waals surface area contributed by atoms with E-state index in [4.69, 9.17) is 4.74 Å². The van der Waals surface area contributed by atoms with Crippen LogP contribution < -0.4 is 10.2 Å². The largest absolute Gasteiger partial charge is 0.378 e. The lowest BCUT2D eigenvalue weighted by Gasteiger charge is -2.32. The van der Waals surface area contributed by atoms with Crippen molar-refractivity contribution < 1.29 is 4.74 Å². The molecule has 1 aromatic carbocycles. The Morgan fingerprint density at radius 2 is 2.11 bits per heavy atom. The zero-order chi connectivity index (χ0) is 12.4. The molecule has 18 heavy (non-hydrogen) atoms. The molecule has 2 fully saturated rings. The van der Waals surface area contributed by atoms with Crippen molar-refractivity contribution in [1.82, 2.24) is 5.32 Å². The molecule has 3 nitrogen and oxygen atoms in total. The van der Waals surface area contributed by atoms with E-state index in [0.29, 0.717) is 6.04 Å².